The van der Waals surface area contributed by atoms with Gasteiger partial charge in [-0.3, -0.25) is 0 Å². The van der Waals surface area contributed by atoms with Crippen molar-refractivity contribution in [2.24, 2.45) is 0 Å². The van der Waals surface area contributed by atoms with Gasteiger partial charge in [0, 0.05) is 29.1 Å². The molecule has 0 spiro atoms. The molecule has 0 amide bonds. The zero-order chi connectivity index (χ0) is 23.0. The molecular formula is C23H18FN5O2S. The van der Waals surface area contributed by atoms with Crippen LogP contribution in [0.2, 0.25) is 0 Å². The van der Waals surface area contributed by atoms with E-state index in [0.29, 0.717) is 27.7 Å². The molecule has 7 nitrogen and oxygen atoms in total. The summed E-state index contributed by atoms with van der Waals surface area (Å²) in [7, 11) is -3.30. The molecule has 4 rings (SSSR count). The highest BCUT2D eigenvalue weighted by molar-refractivity contribution is 7.90. The first-order valence-corrected chi connectivity index (χ1v) is 11.4. The van der Waals surface area contributed by atoms with E-state index >= 15 is 4.39 Å². The Morgan fingerprint density at radius 1 is 1.09 bits per heavy atom. The first kappa shape index (κ1) is 21.2. The normalized spacial score (nSPS) is 11.3. The number of nitrogens with one attached hydrogen (secondary N) is 1. The number of rotatable bonds is 4. The van der Waals surface area contributed by atoms with Crippen LogP contribution in [0.25, 0.3) is 22.0 Å². The van der Waals surface area contributed by atoms with E-state index in [-0.39, 0.29) is 22.1 Å². The van der Waals surface area contributed by atoms with E-state index in [1.165, 1.54) is 18.3 Å². The summed E-state index contributed by atoms with van der Waals surface area (Å²) in [5, 5.41) is 12.6. The zero-order valence-corrected chi connectivity index (χ0v) is 18.0. The Kier molecular flexibility index (Phi) is 5.24. The van der Waals surface area contributed by atoms with Crippen molar-refractivity contribution in [3.05, 3.63) is 71.7 Å². The SMILES string of the molecule is Cc1ccc(C#N)cc1-c1cc2nc(Nc3ccc(S(C)(=O)=O)cc3)ncc2c(N)c1F. The quantitative estimate of drug-likeness (QED) is 0.446. The summed E-state index contributed by atoms with van der Waals surface area (Å²) >= 11 is 0. The fraction of sp³-hybridized carbons (Fsp3) is 0.0870. The number of benzene rings is 3. The van der Waals surface area contributed by atoms with Gasteiger partial charge >= 0.3 is 0 Å². The Balaban J connectivity index is 1.77. The first-order valence-electron chi connectivity index (χ1n) is 9.50. The standard InChI is InChI=1S/C23H18FN5O2S/c1-13-3-4-14(11-25)9-17(13)18-10-20-19(22(26)21(18)24)12-27-23(29-20)28-15-5-7-16(8-6-15)32(2,30)31/h3-10,12H,26H2,1-2H3,(H,27,28,29). The smallest absolute Gasteiger partial charge is 0.227 e. The lowest BCUT2D eigenvalue weighted by Gasteiger charge is -2.13. The average molecular weight is 447 g/mol. The Bertz CT molecular complexity index is 1510. The van der Waals surface area contributed by atoms with Crippen molar-refractivity contribution >= 4 is 38.1 Å². The molecule has 1 heterocycles. The lowest BCUT2D eigenvalue weighted by atomic mass is 9.96. The zero-order valence-electron chi connectivity index (χ0n) is 17.2. The number of halogens is 1. The molecule has 3 aromatic carbocycles. The second-order valence-electron chi connectivity index (χ2n) is 7.34. The molecule has 0 bridgehead atoms. The molecule has 0 aliphatic carbocycles. The summed E-state index contributed by atoms with van der Waals surface area (Å²) in [6.45, 7) is 1.82. The lowest BCUT2D eigenvalue weighted by molar-refractivity contribution is 0.602. The van der Waals surface area contributed by atoms with Gasteiger partial charge in [0.25, 0.3) is 0 Å². The molecule has 0 unspecified atom stereocenters. The second kappa shape index (κ2) is 7.90. The van der Waals surface area contributed by atoms with Crippen molar-refractivity contribution in [2.75, 3.05) is 17.3 Å². The Morgan fingerprint density at radius 3 is 2.47 bits per heavy atom. The van der Waals surface area contributed by atoms with Crippen LogP contribution < -0.4 is 11.1 Å². The van der Waals surface area contributed by atoms with E-state index in [1.54, 1.807) is 36.4 Å². The van der Waals surface area contributed by atoms with Crippen molar-refractivity contribution in [3.63, 3.8) is 0 Å². The molecule has 0 radical (unpaired) electrons. The van der Waals surface area contributed by atoms with Crippen LogP contribution in [-0.2, 0) is 9.84 Å². The predicted octanol–water partition coefficient (Wildman–Crippen LogP) is 4.35. The molecule has 4 aromatic rings. The molecule has 0 aliphatic heterocycles. The van der Waals surface area contributed by atoms with Crippen LogP contribution >= 0.6 is 0 Å². The van der Waals surface area contributed by atoms with E-state index in [2.05, 4.69) is 21.4 Å². The predicted molar refractivity (Wildman–Crippen MR) is 122 cm³/mol. The molecule has 0 saturated carbocycles. The Morgan fingerprint density at radius 2 is 1.81 bits per heavy atom. The molecule has 0 saturated heterocycles. The fourth-order valence-electron chi connectivity index (χ4n) is 3.33. The molecule has 1 aromatic heterocycles. The van der Waals surface area contributed by atoms with Crippen LogP contribution in [0.3, 0.4) is 0 Å². The van der Waals surface area contributed by atoms with Gasteiger partial charge in [0.05, 0.1) is 27.7 Å². The number of nitriles is 1. The van der Waals surface area contributed by atoms with Crippen LogP contribution in [0, 0.1) is 24.1 Å². The Hall–Kier alpha value is -4.03. The highest BCUT2D eigenvalue weighted by Crippen LogP contribution is 2.35. The van der Waals surface area contributed by atoms with Crippen LogP contribution in [0.15, 0.2) is 59.6 Å². The van der Waals surface area contributed by atoms with Crippen LogP contribution in [-0.4, -0.2) is 24.6 Å². The van der Waals surface area contributed by atoms with E-state index in [0.717, 1.165) is 11.8 Å². The molecular weight excluding hydrogens is 429 g/mol. The summed E-state index contributed by atoms with van der Waals surface area (Å²) in [6.07, 6.45) is 2.56. The number of aryl methyl sites for hydroxylation is 1. The third-order valence-electron chi connectivity index (χ3n) is 5.06. The molecule has 160 valence electrons. The van der Waals surface area contributed by atoms with Gasteiger partial charge in [-0.25, -0.2) is 22.8 Å². The number of nitrogen functional groups attached to an aromatic ring is 1. The maximum absolute atomic E-state index is 15.1. The third-order valence-corrected chi connectivity index (χ3v) is 6.19. The van der Waals surface area contributed by atoms with Crippen LogP contribution in [0.1, 0.15) is 11.1 Å². The maximum Gasteiger partial charge on any atom is 0.227 e. The molecule has 32 heavy (non-hydrogen) atoms. The number of sulfone groups is 1. The summed E-state index contributed by atoms with van der Waals surface area (Å²) in [5.41, 5.74) is 8.97. The van der Waals surface area contributed by atoms with Crippen molar-refractivity contribution in [1.82, 2.24) is 9.97 Å². The fourth-order valence-corrected chi connectivity index (χ4v) is 3.96. The van der Waals surface area contributed by atoms with Gasteiger partial charge in [-0.05, 0) is 60.5 Å². The number of hydrogen-bond donors (Lipinski definition) is 2. The molecule has 0 aliphatic rings. The summed E-state index contributed by atoms with van der Waals surface area (Å²) in [4.78, 5) is 8.84. The van der Waals surface area contributed by atoms with Crippen LogP contribution in [0.5, 0.6) is 0 Å². The topological polar surface area (TPSA) is 122 Å². The lowest BCUT2D eigenvalue weighted by Crippen LogP contribution is -2.02. The largest absolute Gasteiger partial charge is 0.396 e. The van der Waals surface area contributed by atoms with Gasteiger partial charge in [0.2, 0.25) is 5.95 Å². The third kappa shape index (κ3) is 3.96. The summed E-state index contributed by atoms with van der Waals surface area (Å²) in [6, 6.07) is 14.8. The monoisotopic (exact) mass is 447 g/mol. The number of hydrogen-bond acceptors (Lipinski definition) is 7. The molecule has 0 atom stereocenters. The molecule has 0 fully saturated rings. The summed E-state index contributed by atoms with van der Waals surface area (Å²) < 4.78 is 38.3. The number of nitrogens with two attached hydrogens (primary N) is 1. The second-order valence-corrected chi connectivity index (χ2v) is 9.36. The van der Waals surface area contributed by atoms with Gasteiger partial charge in [0.15, 0.2) is 15.7 Å². The van der Waals surface area contributed by atoms with E-state index in [9.17, 15) is 13.7 Å². The van der Waals surface area contributed by atoms with Crippen LogP contribution in [0.4, 0.5) is 21.7 Å². The minimum atomic E-state index is -3.30. The minimum absolute atomic E-state index is 0.0803. The highest BCUT2D eigenvalue weighted by Gasteiger charge is 2.17. The van der Waals surface area contributed by atoms with Crippen molar-refractivity contribution in [2.45, 2.75) is 11.8 Å². The van der Waals surface area contributed by atoms with Crippen molar-refractivity contribution in [3.8, 4) is 17.2 Å². The van der Waals surface area contributed by atoms with E-state index < -0.39 is 15.7 Å². The van der Waals surface area contributed by atoms with E-state index in [1.807, 2.05) is 6.92 Å². The van der Waals surface area contributed by atoms with Crippen molar-refractivity contribution < 1.29 is 12.8 Å². The molecule has 3 N–H and O–H groups in total. The molecule has 9 heteroatoms. The number of nitrogens with zero attached hydrogens (tertiary/aromatic N) is 3. The van der Waals surface area contributed by atoms with Crippen molar-refractivity contribution in [1.29, 1.82) is 5.26 Å². The number of aromatic nitrogens is 2. The first-order chi connectivity index (χ1) is 15.2. The number of fused-ring (bicyclic) bond motifs is 1. The van der Waals surface area contributed by atoms with Gasteiger partial charge in [0.1, 0.15) is 0 Å². The minimum Gasteiger partial charge on any atom is -0.396 e. The van der Waals surface area contributed by atoms with Gasteiger partial charge in [-0.1, -0.05) is 6.07 Å². The number of anilines is 3. The van der Waals surface area contributed by atoms with E-state index in [4.69, 9.17) is 5.73 Å². The highest BCUT2D eigenvalue weighted by atomic mass is 32.2. The Labute approximate surface area is 184 Å². The van der Waals surface area contributed by atoms with Gasteiger partial charge < -0.3 is 11.1 Å². The maximum atomic E-state index is 15.1. The summed E-state index contributed by atoms with van der Waals surface area (Å²) in [5.74, 6) is -0.361. The van der Waals surface area contributed by atoms with Gasteiger partial charge in [-0.15, -0.1) is 0 Å². The van der Waals surface area contributed by atoms with Gasteiger partial charge in [-0.2, -0.15) is 5.26 Å². The average Bonchev–Trinajstić information content (AvgIpc) is 2.76.